The molecule has 3 aromatic rings. The Morgan fingerprint density at radius 3 is 1.33 bits per heavy atom. The lowest BCUT2D eigenvalue weighted by Crippen LogP contribution is -2.17. The number of para-hydroxylation sites is 2. The van der Waals surface area contributed by atoms with Gasteiger partial charge in [0.25, 0.3) is 11.8 Å². The molecule has 0 saturated heterocycles. The van der Waals surface area contributed by atoms with Gasteiger partial charge in [-0.2, -0.15) is 0 Å². The molecule has 190 valence electrons. The molecule has 8 nitrogen and oxygen atoms in total. The predicted molar refractivity (Wildman–Crippen MR) is 139 cm³/mol. The summed E-state index contributed by atoms with van der Waals surface area (Å²) in [4.78, 5) is 25.6. The van der Waals surface area contributed by atoms with Crippen molar-refractivity contribution in [1.82, 2.24) is 0 Å². The second-order valence-electron chi connectivity index (χ2n) is 7.59. The summed E-state index contributed by atoms with van der Waals surface area (Å²) in [6, 6.07) is 20.7. The van der Waals surface area contributed by atoms with Gasteiger partial charge in [-0.05, 0) is 74.5 Å². The van der Waals surface area contributed by atoms with Gasteiger partial charge in [0.15, 0.2) is 0 Å². The van der Waals surface area contributed by atoms with Gasteiger partial charge in [-0.3, -0.25) is 9.59 Å². The molecule has 3 rings (SSSR count). The van der Waals surface area contributed by atoms with Crippen molar-refractivity contribution in [2.45, 2.75) is 13.8 Å². The number of rotatable bonds is 14. The number of carbonyl (C=O) groups is 2. The summed E-state index contributed by atoms with van der Waals surface area (Å²) in [7, 11) is 0. The van der Waals surface area contributed by atoms with Crippen LogP contribution in [0.1, 0.15) is 34.6 Å². The molecule has 2 amide bonds. The molecule has 0 aliphatic heterocycles. The van der Waals surface area contributed by atoms with Crippen molar-refractivity contribution in [3.63, 3.8) is 0 Å². The van der Waals surface area contributed by atoms with E-state index in [4.69, 9.17) is 18.9 Å². The van der Waals surface area contributed by atoms with E-state index in [9.17, 15) is 9.59 Å². The minimum atomic E-state index is -0.300. The molecule has 3 aromatic carbocycles. The van der Waals surface area contributed by atoms with Crippen LogP contribution in [-0.2, 0) is 9.47 Å². The number of benzene rings is 3. The zero-order valence-corrected chi connectivity index (χ0v) is 20.6. The van der Waals surface area contributed by atoms with Crippen molar-refractivity contribution >= 4 is 23.2 Å². The molecule has 0 bridgehead atoms. The van der Waals surface area contributed by atoms with Crippen molar-refractivity contribution in [1.29, 1.82) is 0 Å². The van der Waals surface area contributed by atoms with Gasteiger partial charge < -0.3 is 29.6 Å². The summed E-state index contributed by atoms with van der Waals surface area (Å²) in [5, 5.41) is 5.72. The Morgan fingerprint density at radius 1 is 0.583 bits per heavy atom. The van der Waals surface area contributed by atoms with Crippen LogP contribution in [0.3, 0.4) is 0 Å². The average Bonchev–Trinajstić information content (AvgIpc) is 2.91. The lowest BCUT2D eigenvalue weighted by molar-refractivity contribution is 0.101. The normalized spacial score (nSPS) is 10.5. The SMILES string of the molecule is CCOCCOc1ccc(C(=O)Nc2ccccc2NC(=O)c2ccc(OCCOCC)cc2)cc1. The summed E-state index contributed by atoms with van der Waals surface area (Å²) in [5.74, 6) is 0.714. The second kappa shape index (κ2) is 14.5. The van der Waals surface area contributed by atoms with E-state index < -0.39 is 0 Å². The summed E-state index contributed by atoms with van der Waals surface area (Å²) in [5.41, 5.74) is 1.91. The minimum Gasteiger partial charge on any atom is -0.491 e. The van der Waals surface area contributed by atoms with E-state index in [-0.39, 0.29) is 11.8 Å². The Labute approximate surface area is 211 Å². The number of amides is 2. The summed E-state index contributed by atoms with van der Waals surface area (Å²) in [6.45, 7) is 7.03. The first-order valence-corrected chi connectivity index (χ1v) is 11.9. The van der Waals surface area contributed by atoms with Crippen LogP contribution in [0.2, 0.25) is 0 Å². The topological polar surface area (TPSA) is 95.1 Å². The van der Waals surface area contributed by atoms with E-state index in [0.29, 0.717) is 73.6 Å². The van der Waals surface area contributed by atoms with Gasteiger partial charge >= 0.3 is 0 Å². The maximum absolute atomic E-state index is 12.8. The fourth-order valence-electron chi connectivity index (χ4n) is 3.22. The molecule has 8 heteroatoms. The van der Waals surface area contributed by atoms with Crippen molar-refractivity contribution in [2.24, 2.45) is 0 Å². The molecule has 36 heavy (non-hydrogen) atoms. The molecule has 0 heterocycles. The number of hydrogen-bond acceptors (Lipinski definition) is 6. The highest BCUT2D eigenvalue weighted by Crippen LogP contribution is 2.23. The first kappa shape index (κ1) is 26.7. The fourth-order valence-corrected chi connectivity index (χ4v) is 3.22. The van der Waals surface area contributed by atoms with E-state index in [1.54, 1.807) is 72.8 Å². The van der Waals surface area contributed by atoms with Gasteiger partial charge in [0.1, 0.15) is 24.7 Å². The third-order valence-electron chi connectivity index (χ3n) is 5.06. The smallest absolute Gasteiger partial charge is 0.255 e. The van der Waals surface area contributed by atoms with E-state index in [1.165, 1.54) is 0 Å². The molecule has 0 saturated carbocycles. The van der Waals surface area contributed by atoms with Crippen molar-refractivity contribution < 1.29 is 28.5 Å². The standard InChI is InChI=1S/C28H32N2O6/c1-3-33-17-19-35-23-13-9-21(10-14-23)27(31)29-25-7-5-6-8-26(25)30-28(32)22-11-15-24(16-12-22)36-20-18-34-4-2/h5-16H,3-4,17-20H2,1-2H3,(H,29,31)(H,30,32). The lowest BCUT2D eigenvalue weighted by atomic mass is 10.1. The first-order valence-electron chi connectivity index (χ1n) is 11.9. The highest BCUT2D eigenvalue weighted by molar-refractivity contribution is 6.10. The zero-order valence-electron chi connectivity index (χ0n) is 20.6. The number of nitrogens with one attached hydrogen (secondary N) is 2. The van der Waals surface area contributed by atoms with E-state index in [1.807, 2.05) is 13.8 Å². The van der Waals surface area contributed by atoms with Crippen LogP contribution in [-0.4, -0.2) is 51.5 Å². The number of ether oxygens (including phenoxy) is 4. The van der Waals surface area contributed by atoms with Crippen molar-refractivity contribution in [3.8, 4) is 11.5 Å². The highest BCUT2D eigenvalue weighted by atomic mass is 16.5. The Kier molecular flexibility index (Phi) is 10.8. The van der Waals surface area contributed by atoms with E-state index >= 15 is 0 Å². The number of carbonyl (C=O) groups excluding carboxylic acids is 2. The van der Waals surface area contributed by atoms with Gasteiger partial charge in [-0.15, -0.1) is 0 Å². The first-order chi connectivity index (χ1) is 17.6. The molecule has 0 spiro atoms. The molecular formula is C28H32N2O6. The zero-order chi connectivity index (χ0) is 25.6. The maximum Gasteiger partial charge on any atom is 0.255 e. The molecule has 0 aliphatic carbocycles. The molecule has 0 fully saturated rings. The van der Waals surface area contributed by atoms with Crippen molar-refractivity contribution in [2.75, 3.05) is 50.3 Å². The second-order valence-corrected chi connectivity index (χ2v) is 7.59. The monoisotopic (exact) mass is 492 g/mol. The maximum atomic E-state index is 12.8. The molecule has 0 unspecified atom stereocenters. The third kappa shape index (κ3) is 8.41. The fraction of sp³-hybridized carbons (Fsp3) is 0.286. The molecule has 0 atom stereocenters. The summed E-state index contributed by atoms with van der Waals surface area (Å²) in [6.07, 6.45) is 0. The largest absolute Gasteiger partial charge is 0.491 e. The third-order valence-corrected chi connectivity index (χ3v) is 5.06. The van der Waals surface area contributed by atoms with Crippen LogP contribution >= 0.6 is 0 Å². The van der Waals surface area contributed by atoms with Crippen LogP contribution in [0.25, 0.3) is 0 Å². The van der Waals surface area contributed by atoms with E-state index in [2.05, 4.69) is 10.6 Å². The van der Waals surface area contributed by atoms with Gasteiger partial charge in [-0.25, -0.2) is 0 Å². The van der Waals surface area contributed by atoms with Crippen LogP contribution in [0.4, 0.5) is 11.4 Å². The Balaban J connectivity index is 1.57. The van der Waals surface area contributed by atoms with Crippen LogP contribution in [0.15, 0.2) is 72.8 Å². The molecule has 0 radical (unpaired) electrons. The molecular weight excluding hydrogens is 460 g/mol. The van der Waals surface area contributed by atoms with Crippen molar-refractivity contribution in [3.05, 3.63) is 83.9 Å². The summed E-state index contributed by atoms with van der Waals surface area (Å²) < 4.78 is 21.7. The van der Waals surface area contributed by atoms with Crippen LogP contribution < -0.4 is 20.1 Å². The van der Waals surface area contributed by atoms with Crippen LogP contribution in [0, 0.1) is 0 Å². The Hall–Kier alpha value is -3.88. The quantitative estimate of drug-likeness (QED) is 0.307. The van der Waals surface area contributed by atoms with Gasteiger partial charge in [0.2, 0.25) is 0 Å². The minimum absolute atomic E-state index is 0.300. The van der Waals surface area contributed by atoms with Gasteiger partial charge in [-0.1, -0.05) is 12.1 Å². The van der Waals surface area contributed by atoms with Gasteiger partial charge in [0, 0.05) is 24.3 Å². The van der Waals surface area contributed by atoms with E-state index in [0.717, 1.165) is 0 Å². The average molecular weight is 493 g/mol. The molecule has 0 aromatic heterocycles. The molecule has 2 N–H and O–H groups in total. The molecule has 0 aliphatic rings. The number of anilines is 2. The van der Waals surface area contributed by atoms with Gasteiger partial charge in [0.05, 0.1) is 24.6 Å². The lowest BCUT2D eigenvalue weighted by Gasteiger charge is -2.13. The summed E-state index contributed by atoms with van der Waals surface area (Å²) >= 11 is 0. The van der Waals surface area contributed by atoms with Crippen LogP contribution in [0.5, 0.6) is 11.5 Å². The predicted octanol–water partition coefficient (Wildman–Crippen LogP) is 5.02. The Bertz CT molecular complexity index is 1010. The number of hydrogen-bond donors (Lipinski definition) is 2. The Morgan fingerprint density at radius 2 is 0.972 bits per heavy atom. The highest BCUT2D eigenvalue weighted by Gasteiger charge is 2.13.